The van der Waals surface area contributed by atoms with Gasteiger partial charge in [-0.15, -0.1) is 0 Å². The molecule has 6 heteroatoms. The zero-order valence-electron chi connectivity index (χ0n) is 17.4. The number of methoxy groups -OCH3 is 1. The fourth-order valence-corrected chi connectivity index (χ4v) is 3.92. The molecule has 0 aromatic heterocycles. The molecule has 1 heterocycles. The number of hydrogen-bond donors (Lipinski definition) is 0. The summed E-state index contributed by atoms with van der Waals surface area (Å²) in [5, 5.41) is 0.196. The fraction of sp³-hybridized carbons (Fsp3) is 0.947. The van der Waals surface area contributed by atoms with Gasteiger partial charge >= 0.3 is 5.97 Å². The van der Waals surface area contributed by atoms with Crippen molar-refractivity contribution in [2.75, 3.05) is 20.3 Å². The normalized spacial score (nSPS) is 26.3. The predicted molar refractivity (Wildman–Crippen MR) is 102 cm³/mol. The van der Waals surface area contributed by atoms with Gasteiger partial charge in [0.05, 0.1) is 13.2 Å². The molecule has 0 aromatic carbocycles. The van der Waals surface area contributed by atoms with Crippen LogP contribution < -0.4 is 0 Å². The van der Waals surface area contributed by atoms with Crippen molar-refractivity contribution in [1.82, 2.24) is 0 Å². The number of carbonyl (C=O) groups excluding carboxylic acids is 1. The van der Waals surface area contributed by atoms with Crippen LogP contribution in [0.3, 0.4) is 0 Å². The lowest BCUT2D eigenvalue weighted by Gasteiger charge is -2.40. The van der Waals surface area contributed by atoms with Crippen molar-refractivity contribution in [2.45, 2.75) is 84.4 Å². The molecule has 0 bridgehead atoms. The summed E-state index contributed by atoms with van der Waals surface area (Å²) < 4.78 is 23.0. The third-order valence-electron chi connectivity index (χ3n) is 5.60. The maximum Gasteiger partial charge on any atom is 0.305 e. The van der Waals surface area contributed by atoms with Gasteiger partial charge < -0.3 is 18.6 Å². The molecule has 0 amide bonds. The van der Waals surface area contributed by atoms with Crippen LogP contribution >= 0.6 is 0 Å². The van der Waals surface area contributed by atoms with Gasteiger partial charge in [-0.1, -0.05) is 27.7 Å². The Labute approximate surface area is 154 Å². The molecule has 1 fully saturated rings. The summed E-state index contributed by atoms with van der Waals surface area (Å²) in [4.78, 5) is 11.7. The van der Waals surface area contributed by atoms with Crippen LogP contribution in [0, 0.1) is 11.8 Å². The summed E-state index contributed by atoms with van der Waals surface area (Å²) in [6, 6.07) is 0. The van der Waals surface area contributed by atoms with Crippen molar-refractivity contribution >= 4 is 14.3 Å². The molecule has 2 unspecified atom stereocenters. The van der Waals surface area contributed by atoms with Crippen LogP contribution in [0.4, 0.5) is 0 Å². The van der Waals surface area contributed by atoms with Gasteiger partial charge in [-0.3, -0.25) is 4.79 Å². The van der Waals surface area contributed by atoms with Gasteiger partial charge in [-0.25, -0.2) is 0 Å². The van der Waals surface area contributed by atoms with Crippen LogP contribution in [-0.4, -0.2) is 47.0 Å². The molecule has 0 aromatic rings. The molecule has 0 N–H and O–H groups in total. The molecule has 1 aliphatic rings. The Morgan fingerprint density at radius 1 is 1.28 bits per heavy atom. The highest BCUT2D eigenvalue weighted by Gasteiger charge is 2.39. The highest BCUT2D eigenvalue weighted by atomic mass is 28.4. The Morgan fingerprint density at radius 2 is 1.92 bits per heavy atom. The molecular weight excluding hydrogens is 336 g/mol. The van der Waals surface area contributed by atoms with E-state index in [-0.39, 0.29) is 35.2 Å². The number of carbonyl (C=O) groups is 1. The van der Waals surface area contributed by atoms with Crippen molar-refractivity contribution in [2.24, 2.45) is 11.8 Å². The molecule has 1 saturated heterocycles. The summed E-state index contributed by atoms with van der Waals surface area (Å²) >= 11 is 0. The maximum absolute atomic E-state index is 11.7. The monoisotopic (exact) mass is 374 g/mol. The lowest BCUT2D eigenvalue weighted by Crippen LogP contribution is -2.44. The Bertz CT molecular complexity index is 419. The van der Waals surface area contributed by atoms with E-state index in [4.69, 9.17) is 18.6 Å². The Hall–Kier alpha value is -0.433. The largest absolute Gasteiger partial charge is 0.469 e. The third-order valence-corrected chi connectivity index (χ3v) is 10.1. The second-order valence-corrected chi connectivity index (χ2v) is 13.5. The minimum Gasteiger partial charge on any atom is -0.469 e. The summed E-state index contributed by atoms with van der Waals surface area (Å²) in [6.07, 6.45) is 1.82. The van der Waals surface area contributed by atoms with Crippen molar-refractivity contribution in [3.05, 3.63) is 0 Å². The lowest BCUT2D eigenvalue weighted by molar-refractivity contribution is -0.217. The van der Waals surface area contributed by atoms with E-state index < -0.39 is 8.32 Å². The van der Waals surface area contributed by atoms with Crippen molar-refractivity contribution < 1.29 is 23.4 Å². The smallest absolute Gasteiger partial charge is 0.305 e. The molecule has 5 nitrogen and oxygen atoms in total. The van der Waals surface area contributed by atoms with Crippen LogP contribution in [-0.2, 0) is 23.4 Å². The second-order valence-electron chi connectivity index (χ2n) is 8.73. The van der Waals surface area contributed by atoms with Crippen LogP contribution in [0.15, 0.2) is 0 Å². The maximum atomic E-state index is 11.7. The topological polar surface area (TPSA) is 54.0 Å². The van der Waals surface area contributed by atoms with E-state index >= 15 is 0 Å². The van der Waals surface area contributed by atoms with E-state index in [2.05, 4.69) is 40.8 Å². The first-order chi connectivity index (χ1) is 11.5. The third kappa shape index (κ3) is 7.00. The molecule has 148 valence electrons. The summed E-state index contributed by atoms with van der Waals surface area (Å²) in [7, 11) is -0.334. The highest BCUT2D eigenvalue weighted by Crippen LogP contribution is 2.38. The fourth-order valence-electron chi connectivity index (χ4n) is 2.81. The second kappa shape index (κ2) is 9.49. The first-order valence-electron chi connectivity index (χ1n) is 9.48. The molecule has 25 heavy (non-hydrogen) atoms. The molecular formula is C19H38O5Si. The van der Waals surface area contributed by atoms with Gasteiger partial charge in [0.2, 0.25) is 0 Å². The van der Waals surface area contributed by atoms with Crippen LogP contribution in [0.1, 0.15) is 53.9 Å². The number of hydrogen-bond acceptors (Lipinski definition) is 5. The van der Waals surface area contributed by atoms with Crippen molar-refractivity contribution in [3.8, 4) is 0 Å². The first kappa shape index (κ1) is 22.6. The average Bonchev–Trinajstić information content (AvgIpc) is 2.51. The molecule has 0 saturated carbocycles. The molecule has 4 atom stereocenters. The molecule has 0 spiro atoms. The number of ether oxygens (including phenoxy) is 3. The minimum atomic E-state index is -1.77. The zero-order chi connectivity index (χ0) is 19.3. The molecule has 0 aliphatic carbocycles. The van der Waals surface area contributed by atoms with Gasteiger partial charge in [0.1, 0.15) is 0 Å². The van der Waals surface area contributed by atoms with Crippen LogP contribution in [0.2, 0.25) is 18.1 Å². The number of esters is 1. The van der Waals surface area contributed by atoms with Crippen LogP contribution in [0.5, 0.6) is 0 Å². The SMILES string of the molecule is CCOC1CC(CC(=O)OC)C[C@H]([C@H](C)CO[Si](C)(C)C(C)(C)C)O1. The van der Waals surface area contributed by atoms with E-state index in [1.807, 2.05) is 6.92 Å². The van der Waals surface area contributed by atoms with E-state index in [0.717, 1.165) is 12.8 Å². The van der Waals surface area contributed by atoms with E-state index in [1.165, 1.54) is 7.11 Å². The Kier molecular flexibility index (Phi) is 8.58. The minimum absolute atomic E-state index is 0.0460. The van der Waals surface area contributed by atoms with E-state index in [9.17, 15) is 4.79 Å². The van der Waals surface area contributed by atoms with E-state index in [1.54, 1.807) is 0 Å². The van der Waals surface area contributed by atoms with Gasteiger partial charge in [0, 0.05) is 32.0 Å². The van der Waals surface area contributed by atoms with E-state index in [0.29, 0.717) is 19.6 Å². The summed E-state index contributed by atoms with van der Waals surface area (Å²) in [5.41, 5.74) is 0. The Balaban J connectivity index is 2.67. The lowest BCUT2D eigenvalue weighted by atomic mass is 9.87. The van der Waals surface area contributed by atoms with Gasteiger partial charge in [-0.05, 0) is 37.4 Å². The summed E-state index contributed by atoms with van der Waals surface area (Å²) in [6.45, 7) is 16.7. The standard InChI is InChI=1S/C19H38O5Si/c1-9-22-18-12-15(11-17(20)21-6)10-16(24-18)14(2)13-23-25(7,8)19(3,4)5/h14-16,18H,9-13H2,1-8H3/t14-,15?,16-,18?/m1/s1. The molecule has 0 radical (unpaired) electrons. The number of rotatable bonds is 8. The molecule has 1 rings (SSSR count). The van der Waals surface area contributed by atoms with Crippen molar-refractivity contribution in [1.29, 1.82) is 0 Å². The van der Waals surface area contributed by atoms with Gasteiger partial charge in [-0.2, -0.15) is 0 Å². The van der Waals surface area contributed by atoms with Crippen molar-refractivity contribution in [3.63, 3.8) is 0 Å². The van der Waals surface area contributed by atoms with Gasteiger partial charge in [0.15, 0.2) is 14.6 Å². The predicted octanol–water partition coefficient (Wildman–Crippen LogP) is 4.37. The quantitative estimate of drug-likeness (QED) is 0.466. The first-order valence-corrected chi connectivity index (χ1v) is 12.4. The zero-order valence-corrected chi connectivity index (χ0v) is 18.4. The summed E-state index contributed by atoms with van der Waals surface area (Å²) in [5.74, 6) is 0.335. The average molecular weight is 375 g/mol. The van der Waals surface area contributed by atoms with Gasteiger partial charge in [0.25, 0.3) is 0 Å². The Morgan fingerprint density at radius 3 is 2.44 bits per heavy atom. The molecule has 1 aliphatic heterocycles. The highest BCUT2D eigenvalue weighted by molar-refractivity contribution is 6.74. The van der Waals surface area contributed by atoms with Crippen LogP contribution in [0.25, 0.3) is 0 Å².